The van der Waals surface area contributed by atoms with Crippen molar-refractivity contribution in [1.82, 2.24) is 4.72 Å². The van der Waals surface area contributed by atoms with E-state index in [2.05, 4.69) is 0 Å². The SMILES string of the molecule is Cc1ccc(OC(=O)CNS(=O)[O-])cc1. The predicted molar refractivity (Wildman–Crippen MR) is 53.7 cm³/mol. The molecule has 0 heterocycles. The second-order valence-corrected chi connectivity index (χ2v) is 3.60. The normalized spacial score (nSPS) is 12.1. The number of rotatable bonds is 4. The molecule has 0 bridgehead atoms. The first-order valence-electron chi connectivity index (χ1n) is 4.18. The van der Waals surface area contributed by atoms with Gasteiger partial charge in [-0.2, -0.15) is 0 Å². The third-order valence-electron chi connectivity index (χ3n) is 1.59. The van der Waals surface area contributed by atoms with Gasteiger partial charge in [-0.15, -0.1) is 0 Å². The Morgan fingerprint density at radius 1 is 1.47 bits per heavy atom. The van der Waals surface area contributed by atoms with Crippen molar-refractivity contribution in [3.8, 4) is 5.75 Å². The molecule has 82 valence electrons. The van der Waals surface area contributed by atoms with Crippen LogP contribution in [0.2, 0.25) is 0 Å². The summed E-state index contributed by atoms with van der Waals surface area (Å²) in [4.78, 5) is 11.0. The minimum atomic E-state index is -2.45. The molecule has 1 rings (SSSR count). The third kappa shape index (κ3) is 4.68. The summed E-state index contributed by atoms with van der Waals surface area (Å²) >= 11 is -2.45. The number of nitrogens with one attached hydrogen (secondary N) is 1. The highest BCUT2D eigenvalue weighted by Gasteiger charge is 2.03. The summed E-state index contributed by atoms with van der Waals surface area (Å²) in [5, 5.41) is 0. The van der Waals surface area contributed by atoms with Crippen LogP contribution in [0.1, 0.15) is 5.56 Å². The predicted octanol–water partition coefficient (Wildman–Crippen LogP) is 0.284. The van der Waals surface area contributed by atoms with E-state index in [1.807, 2.05) is 11.6 Å². The molecule has 0 amide bonds. The highest BCUT2D eigenvalue weighted by Crippen LogP contribution is 2.11. The van der Waals surface area contributed by atoms with Gasteiger partial charge in [-0.05, 0) is 19.1 Å². The Morgan fingerprint density at radius 2 is 2.07 bits per heavy atom. The van der Waals surface area contributed by atoms with E-state index in [4.69, 9.17) is 4.74 Å². The number of esters is 1. The molecule has 1 atom stereocenters. The molecule has 0 aliphatic heterocycles. The molecule has 6 heteroatoms. The molecule has 0 fully saturated rings. The minimum absolute atomic E-state index is 0.371. The summed E-state index contributed by atoms with van der Waals surface area (Å²) in [6.45, 7) is 1.54. The summed E-state index contributed by atoms with van der Waals surface area (Å²) in [6.07, 6.45) is 0. The lowest BCUT2D eigenvalue weighted by atomic mass is 10.2. The molecule has 0 radical (unpaired) electrons. The van der Waals surface area contributed by atoms with Gasteiger partial charge in [0.05, 0.1) is 0 Å². The lowest BCUT2D eigenvalue weighted by molar-refractivity contribution is -0.133. The van der Waals surface area contributed by atoms with Gasteiger partial charge in [-0.1, -0.05) is 17.7 Å². The van der Waals surface area contributed by atoms with Gasteiger partial charge in [-0.25, -0.2) is 4.72 Å². The van der Waals surface area contributed by atoms with Crippen molar-refractivity contribution < 1.29 is 18.3 Å². The zero-order valence-electron chi connectivity index (χ0n) is 8.06. The fourth-order valence-electron chi connectivity index (χ4n) is 0.892. The Balaban J connectivity index is 2.44. The zero-order valence-corrected chi connectivity index (χ0v) is 8.87. The van der Waals surface area contributed by atoms with Crippen LogP contribution >= 0.6 is 0 Å². The number of aryl methyl sites for hydroxylation is 1. The van der Waals surface area contributed by atoms with Gasteiger partial charge >= 0.3 is 5.97 Å². The Bertz CT molecular complexity index is 363. The van der Waals surface area contributed by atoms with E-state index in [0.717, 1.165) is 5.56 Å². The van der Waals surface area contributed by atoms with Gasteiger partial charge in [0.15, 0.2) is 0 Å². The number of carbonyl (C=O) groups is 1. The lowest BCUT2D eigenvalue weighted by Gasteiger charge is -2.07. The first kappa shape index (κ1) is 11.8. The van der Waals surface area contributed by atoms with Crippen LogP contribution in [0.3, 0.4) is 0 Å². The molecule has 1 N–H and O–H groups in total. The molecule has 15 heavy (non-hydrogen) atoms. The average molecular weight is 228 g/mol. The number of hydrogen-bond acceptors (Lipinski definition) is 4. The molecule has 1 aromatic carbocycles. The first-order chi connectivity index (χ1) is 7.08. The van der Waals surface area contributed by atoms with Crippen LogP contribution in [0, 0.1) is 6.92 Å². The molecule has 0 spiro atoms. The quantitative estimate of drug-likeness (QED) is 0.456. The van der Waals surface area contributed by atoms with Crippen LogP contribution in [-0.4, -0.2) is 21.3 Å². The maximum atomic E-state index is 11.0. The average Bonchev–Trinajstić information content (AvgIpc) is 2.19. The van der Waals surface area contributed by atoms with Crippen molar-refractivity contribution in [1.29, 1.82) is 0 Å². The number of ether oxygens (including phenoxy) is 1. The fraction of sp³-hybridized carbons (Fsp3) is 0.222. The second kappa shape index (κ2) is 5.59. The molecule has 5 nitrogen and oxygen atoms in total. The van der Waals surface area contributed by atoms with Crippen LogP contribution < -0.4 is 9.46 Å². The highest BCUT2D eigenvalue weighted by atomic mass is 32.2. The van der Waals surface area contributed by atoms with Crippen LogP contribution in [0.25, 0.3) is 0 Å². The van der Waals surface area contributed by atoms with Crippen LogP contribution in [-0.2, 0) is 16.1 Å². The van der Waals surface area contributed by atoms with Crippen molar-refractivity contribution in [2.24, 2.45) is 0 Å². The van der Waals surface area contributed by atoms with Gasteiger partial charge < -0.3 is 9.29 Å². The van der Waals surface area contributed by atoms with Gasteiger partial charge in [0.25, 0.3) is 0 Å². The van der Waals surface area contributed by atoms with Gasteiger partial charge in [0.1, 0.15) is 12.3 Å². The molecule has 0 aliphatic rings. The van der Waals surface area contributed by atoms with Crippen LogP contribution in [0.15, 0.2) is 24.3 Å². The number of benzene rings is 1. The third-order valence-corrected chi connectivity index (χ3v) is 1.97. The van der Waals surface area contributed by atoms with Crippen LogP contribution in [0.5, 0.6) is 5.75 Å². The molecule has 0 aromatic heterocycles. The summed E-state index contributed by atoms with van der Waals surface area (Å²) in [5.74, 6) is -0.257. The molecule has 0 saturated carbocycles. The molecule has 1 unspecified atom stereocenters. The molecular weight excluding hydrogens is 218 g/mol. The van der Waals surface area contributed by atoms with E-state index in [-0.39, 0.29) is 6.54 Å². The Hall–Kier alpha value is -1.24. The van der Waals surface area contributed by atoms with E-state index in [1.165, 1.54) is 0 Å². The monoisotopic (exact) mass is 228 g/mol. The summed E-state index contributed by atoms with van der Waals surface area (Å²) < 4.78 is 26.9. The topological polar surface area (TPSA) is 78.5 Å². The van der Waals surface area contributed by atoms with E-state index in [0.29, 0.717) is 5.75 Å². The van der Waals surface area contributed by atoms with Crippen molar-refractivity contribution in [3.63, 3.8) is 0 Å². The van der Waals surface area contributed by atoms with E-state index < -0.39 is 17.2 Å². The maximum absolute atomic E-state index is 11.0. The smallest absolute Gasteiger partial charge is 0.326 e. The maximum Gasteiger partial charge on any atom is 0.326 e. The van der Waals surface area contributed by atoms with E-state index in [1.54, 1.807) is 24.3 Å². The highest BCUT2D eigenvalue weighted by molar-refractivity contribution is 7.77. The first-order valence-corrected chi connectivity index (χ1v) is 5.25. The summed E-state index contributed by atoms with van der Waals surface area (Å²) in [7, 11) is 0. The minimum Gasteiger partial charge on any atom is -0.760 e. The summed E-state index contributed by atoms with van der Waals surface area (Å²) in [5.41, 5.74) is 1.05. The molecule has 0 saturated heterocycles. The fourth-order valence-corrected chi connectivity index (χ4v) is 1.13. The largest absolute Gasteiger partial charge is 0.760 e. The second-order valence-electron chi connectivity index (χ2n) is 2.84. The van der Waals surface area contributed by atoms with Crippen molar-refractivity contribution in [3.05, 3.63) is 29.8 Å². The van der Waals surface area contributed by atoms with Crippen molar-refractivity contribution in [2.75, 3.05) is 6.54 Å². The summed E-state index contributed by atoms with van der Waals surface area (Å²) in [6, 6.07) is 6.87. The Kier molecular flexibility index (Phi) is 4.41. The van der Waals surface area contributed by atoms with Gasteiger partial charge in [-0.3, -0.25) is 9.00 Å². The van der Waals surface area contributed by atoms with E-state index in [9.17, 15) is 13.6 Å². The lowest BCUT2D eigenvalue weighted by Crippen LogP contribution is -2.27. The van der Waals surface area contributed by atoms with Gasteiger partial charge in [0, 0.05) is 11.3 Å². The number of carbonyl (C=O) groups excluding carboxylic acids is 1. The molecular formula is C9H10NO4S-. The van der Waals surface area contributed by atoms with Crippen LogP contribution in [0.4, 0.5) is 0 Å². The molecule has 1 aromatic rings. The standard InChI is InChI=1S/C9H11NO4S/c1-7-2-4-8(5-3-7)14-9(11)6-10-15(12)13/h2-5,10H,6H2,1H3,(H,12,13)/p-1. The Morgan fingerprint density at radius 3 is 2.60 bits per heavy atom. The van der Waals surface area contributed by atoms with Gasteiger partial charge in [0.2, 0.25) is 0 Å². The number of hydrogen-bond donors (Lipinski definition) is 1. The Labute approximate surface area is 89.9 Å². The van der Waals surface area contributed by atoms with Crippen molar-refractivity contribution in [2.45, 2.75) is 6.92 Å². The van der Waals surface area contributed by atoms with Crippen molar-refractivity contribution >= 4 is 17.2 Å². The molecule has 0 aliphatic carbocycles. The van der Waals surface area contributed by atoms with E-state index >= 15 is 0 Å². The zero-order chi connectivity index (χ0) is 11.3.